The van der Waals surface area contributed by atoms with Gasteiger partial charge >= 0.3 is 0 Å². The molecule has 0 bridgehead atoms. The van der Waals surface area contributed by atoms with Crippen LogP contribution in [0.3, 0.4) is 0 Å². The third-order valence-corrected chi connectivity index (χ3v) is 6.81. The Balaban J connectivity index is 1.33. The van der Waals surface area contributed by atoms with Crippen molar-refractivity contribution < 1.29 is 19.1 Å². The smallest absolute Gasteiger partial charge is 0.259 e. The molecule has 0 aromatic heterocycles. The first-order valence-electron chi connectivity index (χ1n) is 11.7. The van der Waals surface area contributed by atoms with E-state index in [0.29, 0.717) is 40.3 Å². The fraction of sp³-hybridized carbons (Fsp3) is 0.462. The van der Waals surface area contributed by atoms with Gasteiger partial charge in [-0.2, -0.15) is 0 Å². The first kappa shape index (κ1) is 23.1. The molecule has 2 amide bonds. The molecule has 4 rings (SSSR count). The Morgan fingerprint density at radius 1 is 0.939 bits per heavy atom. The van der Waals surface area contributed by atoms with Gasteiger partial charge in [-0.3, -0.25) is 9.59 Å². The van der Waals surface area contributed by atoms with Gasteiger partial charge in [0.1, 0.15) is 11.5 Å². The molecule has 33 heavy (non-hydrogen) atoms. The van der Waals surface area contributed by atoms with Gasteiger partial charge in [0.15, 0.2) is 0 Å². The van der Waals surface area contributed by atoms with Crippen molar-refractivity contribution >= 4 is 17.5 Å². The Labute approximate surface area is 195 Å². The highest BCUT2D eigenvalue weighted by molar-refractivity contribution is 6.06. The first-order chi connectivity index (χ1) is 16.1. The molecule has 0 spiro atoms. The molecule has 2 unspecified atom stereocenters. The summed E-state index contributed by atoms with van der Waals surface area (Å²) < 4.78 is 10.5. The second-order valence-electron chi connectivity index (χ2n) is 8.81. The lowest BCUT2D eigenvalue weighted by Gasteiger charge is -2.44. The van der Waals surface area contributed by atoms with E-state index in [1.165, 1.54) is 52.3 Å². The van der Waals surface area contributed by atoms with E-state index in [2.05, 4.69) is 15.5 Å². The Morgan fingerprint density at radius 3 is 2.48 bits per heavy atom. The van der Waals surface area contributed by atoms with Crippen LogP contribution in [-0.2, 0) is 0 Å². The zero-order valence-corrected chi connectivity index (χ0v) is 19.4. The molecule has 2 N–H and O–H groups in total. The number of rotatable bonds is 7. The Kier molecular flexibility index (Phi) is 7.50. The van der Waals surface area contributed by atoms with Crippen LogP contribution in [0.1, 0.15) is 52.8 Å². The third-order valence-electron chi connectivity index (χ3n) is 6.81. The molecule has 0 radical (unpaired) electrons. The average molecular weight is 452 g/mol. The molecule has 2 heterocycles. The molecule has 0 aliphatic carbocycles. The number of amides is 2. The summed E-state index contributed by atoms with van der Waals surface area (Å²) in [7, 11) is 3.07. The minimum absolute atomic E-state index is 0.0716. The van der Waals surface area contributed by atoms with Crippen molar-refractivity contribution in [3.63, 3.8) is 0 Å². The topological polar surface area (TPSA) is 79.9 Å². The van der Waals surface area contributed by atoms with E-state index in [4.69, 9.17) is 9.47 Å². The molecule has 2 aliphatic rings. The van der Waals surface area contributed by atoms with Crippen molar-refractivity contribution in [2.24, 2.45) is 5.92 Å². The van der Waals surface area contributed by atoms with E-state index in [9.17, 15) is 9.59 Å². The summed E-state index contributed by atoms with van der Waals surface area (Å²) >= 11 is 0. The standard InChI is InChI=1S/C26H33N3O4/c1-32-21-12-13-22(24(16-21)33-2)26(31)28-20-10-8-18(9-11-20)25(30)27-17-19-6-5-15-29-14-4-3-7-23(19)29/h8-13,16,19,23H,3-7,14-15,17H2,1-2H3,(H,27,30)(H,28,31). The molecule has 2 aromatic carbocycles. The SMILES string of the molecule is COc1ccc(C(=O)Nc2ccc(C(=O)NCC3CCCN4CCCCC34)cc2)c(OC)c1. The molecular weight excluding hydrogens is 418 g/mol. The fourth-order valence-corrected chi connectivity index (χ4v) is 5.03. The van der Waals surface area contributed by atoms with Gasteiger partial charge in [-0.05, 0) is 81.1 Å². The molecule has 7 heteroatoms. The predicted octanol–water partition coefficient (Wildman–Crippen LogP) is 3.95. The Bertz CT molecular complexity index is 974. The van der Waals surface area contributed by atoms with E-state index in [1.54, 1.807) is 49.6 Å². The van der Waals surface area contributed by atoms with Gasteiger partial charge < -0.3 is 25.0 Å². The maximum atomic E-state index is 12.7. The van der Waals surface area contributed by atoms with E-state index in [1.807, 2.05) is 0 Å². The summed E-state index contributed by atoms with van der Waals surface area (Å²) in [6.07, 6.45) is 6.23. The summed E-state index contributed by atoms with van der Waals surface area (Å²) in [5.74, 6) is 1.21. The van der Waals surface area contributed by atoms with E-state index < -0.39 is 0 Å². The number of carbonyl (C=O) groups is 2. The number of nitrogens with zero attached hydrogens (tertiary/aromatic N) is 1. The van der Waals surface area contributed by atoms with Crippen LogP contribution in [0.4, 0.5) is 5.69 Å². The van der Waals surface area contributed by atoms with Crippen LogP contribution in [0.5, 0.6) is 11.5 Å². The fourth-order valence-electron chi connectivity index (χ4n) is 5.03. The van der Waals surface area contributed by atoms with Gasteiger partial charge in [0.05, 0.1) is 19.8 Å². The molecule has 0 saturated carbocycles. The van der Waals surface area contributed by atoms with Crippen molar-refractivity contribution in [1.82, 2.24) is 10.2 Å². The van der Waals surface area contributed by atoms with Crippen LogP contribution >= 0.6 is 0 Å². The van der Waals surface area contributed by atoms with Crippen molar-refractivity contribution in [2.45, 2.75) is 38.1 Å². The summed E-state index contributed by atoms with van der Waals surface area (Å²) in [5, 5.41) is 5.99. The molecule has 2 atom stereocenters. The highest BCUT2D eigenvalue weighted by Gasteiger charge is 2.32. The van der Waals surface area contributed by atoms with Crippen molar-refractivity contribution in [3.8, 4) is 11.5 Å². The van der Waals surface area contributed by atoms with Gasteiger partial charge in [0, 0.05) is 29.9 Å². The number of nitrogens with one attached hydrogen (secondary N) is 2. The molecule has 2 fully saturated rings. The summed E-state index contributed by atoms with van der Waals surface area (Å²) in [6.45, 7) is 3.12. The van der Waals surface area contributed by atoms with Crippen LogP contribution < -0.4 is 20.1 Å². The average Bonchev–Trinajstić information content (AvgIpc) is 2.87. The largest absolute Gasteiger partial charge is 0.497 e. The number of carbonyl (C=O) groups excluding carboxylic acids is 2. The number of methoxy groups -OCH3 is 2. The van der Waals surface area contributed by atoms with Crippen LogP contribution in [0, 0.1) is 5.92 Å². The molecule has 7 nitrogen and oxygen atoms in total. The zero-order valence-electron chi connectivity index (χ0n) is 19.4. The summed E-state index contributed by atoms with van der Waals surface area (Å²) in [6, 6.07) is 12.6. The minimum atomic E-state index is -0.291. The predicted molar refractivity (Wildman–Crippen MR) is 128 cm³/mol. The number of hydrogen-bond donors (Lipinski definition) is 2. The number of anilines is 1. The second-order valence-corrected chi connectivity index (χ2v) is 8.81. The lowest BCUT2D eigenvalue weighted by Crippen LogP contribution is -2.51. The van der Waals surface area contributed by atoms with Crippen molar-refractivity contribution in [2.75, 3.05) is 39.2 Å². The first-order valence-corrected chi connectivity index (χ1v) is 11.7. The molecular formula is C26H33N3O4. The van der Waals surface area contributed by atoms with E-state index in [0.717, 1.165) is 6.54 Å². The number of benzene rings is 2. The van der Waals surface area contributed by atoms with Gasteiger partial charge in [-0.1, -0.05) is 6.42 Å². The van der Waals surface area contributed by atoms with Gasteiger partial charge in [-0.25, -0.2) is 0 Å². The third kappa shape index (κ3) is 5.47. The highest BCUT2D eigenvalue weighted by atomic mass is 16.5. The molecule has 2 aromatic rings. The van der Waals surface area contributed by atoms with Gasteiger partial charge in [0.25, 0.3) is 11.8 Å². The van der Waals surface area contributed by atoms with Crippen LogP contribution in [0.2, 0.25) is 0 Å². The van der Waals surface area contributed by atoms with Crippen molar-refractivity contribution in [3.05, 3.63) is 53.6 Å². The monoisotopic (exact) mass is 451 g/mol. The Hall–Kier alpha value is -3.06. The van der Waals surface area contributed by atoms with E-state index >= 15 is 0 Å². The van der Waals surface area contributed by atoms with Gasteiger partial charge in [0.2, 0.25) is 0 Å². The summed E-state index contributed by atoms with van der Waals surface area (Å²) in [4.78, 5) is 28.0. The maximum Gasteiger partial charge on any atom is 0.259 e. The van der Waals surface area contributed by atoms with Crippen LogP contribution in [0.25, 0.3) is 0 Å². The van der Waals surface area contributed by atoms with Gasteiger partial charge in [-0.15, -0.1) is 0 Å². The highest BCUT2D eigenvalue weighted by Crippen LogP contribution is 2.30. The lowest BCUT2D eigenvalue weighted by atomic mass is 9.83. The number of ether oxygens (including phenoxy) is 2. The van der Waals surface area contributed by atoms with Crippen LogP contribution in [0.15, 0.2) is 42.5 Å². The molecule has 2 aliphatic heterocycles. The Morgan fingerprint density at radius 2 is 1.73 bits per heavy atom. The van der Waals surface area contributed by atoms with Crippen molar-refractivity contribution in [1.29, 1.82) is 0 Å². The minimum Gasteiger partial charge on any atom is -0.497 e. The van der Waals surface area contributed by atoms with Crippen LogP contribution in [-0.4, -0.2) is 56.6 Å². The zero-order chi connectivity index (χ0) is 23.2. The second kappa shape index (κ2) is 10.7. The quantitative estimate of drug-likeness (QED) is 0.666. The van der Waals surface area contributed by atoms with E-state index in [-0.39, 0.29) is 11.8 Å². The molecule has 176 valence electrons. The number of fused-ring (bicyclic) bond motifs is 1. The number of hydrogen-bond acceptors (Lipinski definition) is 5. The maximum absolute atomic E-state index is 12.7. The molecule has 2 saturated heterocycles. The summed E-state index contributed by atoms with van der Waals surface area (Å²) in [5.41, 5.74) is 1.61. The number of piperidine rings is 2. The normalized spacial score (nSPS) is 20.4. The lowest BCUT2D eigenvalue weighted by molar-refractivity contribution is 0.0575.